The minimum Gasteiger partial charge on any atom is -0.355 e. The van der Waals surface area contributed by atoms with E-state index in [1.807, 2.05) is 4.72 Å². The Morgan fingerprint density at radius 1 is 1.02 bits per heavy atom. The van der Waals surface area contributed by atoms with Crippen LogP contribution in [0.25, 0.3) is 16.6 Å². The quantitative estimate of drug-likeness (QED) is 0.0780. The molecule has 2 N–H and O–H groups in total. The van der Waals surface area contributed by atoms with Gasteiger partial charge in [-0.15, -0.1) is 0 Å². The van der Waals surface area contributed by atoms with Crippen molar-refractivity contribution in [1.29, 1.82) is 0 Å². The molecule has 0 radical (unpaired) electrons. The Kier molecular flexibility index (Phi) is 11.1. The standard InChI is InChI=1S/C33H24ClF11N8O7S2/c1-61(56,57)50-30-25-17(34)2-3-19(27(25)51(49-30)10-20(37)38)53-23(55)9-22(60-62(58,59)33(43,44)45)47-31(53)18(6-12-4-13(35)7-14(36)5-12)46-21(54)11-52-28-24(26(48-52)29(39)40)15-8-16(15)32(28,41)42/h2-5,7,9,15-16,18,20,29H,6,8,10-11H2,1H3,(H,46,54)(H,49,50)/t15-,16+,18-/m0/s1. The van der Waals surface area contributed by atoms with Gasteiger partial charge in [0.25, 0.3) is 24.3 Å². The number of rotatable bonds is 14. The van der Waals surface area contributed by atoms with Gasteiger partial charge in [-0.2, -0.15) is 45.6 Å². The molecular weight excluding hydrogens is 929 g/mol. The first kappa shape index (κ1) is 44.5. The molecule has 3 atom stereocenters. The maximum absolute atomic E-state index is 15.4. The summed E-state index contributed by atoms with van der Waals surface area (Å²) in [7, 11) is -10.9. The van der Waals surface area contributed by atoms with Gasteiger partial charge in [0.1, 0.15) is 41.9 Å². The predicted octanol–water partition coefficient (Wildman–Crippen LogP) is 5.82. The first-order chi connectivity index (χ1) is 28.7. The summed E-state index contributed by atoms with van der Waals surface area (Å²) >= 11 is 6.35. The second-order valence-corrected chi connectivity index (χ2v) is 17.7. The Morgan fingerprint density at radius 2 is 1.68 bits per heavy atom. The molecule has 0 aliphatic heterocycles. The molecular formula is C33H24ClF11N8O7S2. The molecule has 3 heterocycles. The van der Waals surface area contributed by atoms with Gasteiger partial charge in [-0.1, -0.05) is 11.6 Å². The molecule has 62 heavy (non-hydrogen) atoms. The van der Waals surface area contributed by atoms with E-state index >= 15 is 8.78 Å². The van der Waals surface area contributed by atoms with Crippen LogP contribution in [0.3, 0.4) is 0 Å². The molecule has 29 heteroatoms. The van der Waals surface area contributed by atoms with E-state index in [9.17, 15) is 65.9 Å². The Bertz CT molecular complexity index is 2920. The summed E-state index contributed by atoms with van der Waals surface area (Å²) < 4.78 is 212. The lowest BCUT2D eigenvalue weighted by Crippen LogP contribution is -2.38. The number of carbonyl (C=O) groups is 1. The summed E-state index contributed by atoms with van der Waals surface area (Å²) in [6, 6.07) is 1.45. The predicted molar refractivity (Wildman–Crippen MR) is 191 cm³/mol. The van der Waals surface area contributed by atoms with Crippen molar-refractivity contribution in [2.24, 2.45) is 5.92 Å². The van der Waals surface area contributed by atoms with Crippen LogP contribution in [0.2, 0.25) is 5.02 Å². The first-order valence-electron chi connectivity index (χ1n) is 17.3. The molecule has 1 amide bonds. The van der Waals surface area contributed by atoms with Crippen LogP contribution >= 0.6 is 11.6 Å². The van der Waals surface area contributed by atoms with Crippen LogP contribution in [0.1, 0.15) is 53.1 Å². The van der Waals surface area contributed by atoms with Gasteiger partial charge < -0.3 is 9.50 Å². The molecule has 334 valence electrons. The topological polar surface area (TPSA) is 189 Å². The minimum atomic E-state index is -6.64. The normalized spacial score (nSPS) is 17.7. The number of hydrogen-bond acceptors (Lipinski definition) is 10. The maximum Gasteiger partial charge on any atom is 0.534 e. The van der Waals surface area contributed by atoms with Gasteiger partial charge in [0.2, 0.25) is 21.8 Å². The first-order valence-corrected chi connectivity index (χ1v) is 21.0. The average Bonchev–Trinajstić information content (AvgIpc) is 3.64. The van der Waals surface area contributed by atoms with Crippen LogP contribution in [-0.2, 0) is 50.4 Å². The van der Waals surface area contributed by atoms with Gasteiger partial charge in [-0.05, 0) is 42.2 Å². The van der Waals surface area contributed by atoms with Crippen molar-refractivity contribution in [3.63, 3.8) is 0 Å². The highest BCUT2D eigenvalue weighted by atomic mass is 35.5. The summed E-state index contributed by atoms with van der Waals surface area (Å²) in [5.74, 6) is -13.5. The van der Waals surface area contributed by atoms with E-state index in [0.717, 1.165) is 12.1 Å². The lowest BCUT2D eigenvalue weighted by Gasteiger charge is -2.24. The molecule has 2 aliphatic carbocycles. The van der Waals surface area contributed by atoms with Crippen LogP contribution in [0.4, 0.5) is 54.1 Å². The number of benzene rings is 2. The van der Waals surface area contributed by atoms with Gasteiger partial charge in [0.05, 0.1) is 40.0 Å². The molecule has 2 aromatic carbocycles. The molecule has 7 rings (SSSR count). The number of anilines is 1. The van der Waals surface area contributed by atoms with Crippen LogP contribution in [0, 0.1) is 17.6 Å². The number of halogens is 12. The Morgan fingerprint density at radius 3 is 2.27 bits per heavy atom. The third kappa shape index (κ3) is 8.37. The number of aromatic nitrogens is 6. The van der Waals surface area contributed by atoms with Gasteiger partial charge >= 0.3 is 15.6 Å². The van der Waals surface area contributed by atoms with Gasteiger partial charge in [-0.3, -0.25) is 28.2 Å². The highest BCUT2D eigenvalue weighted by Crippen LogP contribution is 2.68. The van der Waals surface area contributed by atoms with E-state index in [-0.39, 0.29) is 17.2 Å². The fraction of sp³-hybridized carbons (Fsp3) is 0.364. The molecule has 2 aliphatic rings. The largest absolute Gasteiger partial charge is 0.534 e. The molecule has 15 nitrogen and oxygen atoms in total. The van der Waals surface area contributed by atoms with E-state index in [4.69, 9.17) is 11.6 Å². The lowest BCUT2D eigenvalue weighted by atomic mass is 10.0. The fourth-order valence-corrected chi connectivity index (χ4v) is 8.38. The van der Waals surface area contributed by atoms with Crippen molar-refractivity contribution in [2.45, 2.75) is 62.2 Å². The van der Waals surface area contributed by atoms with Crippen molar-refractivity contribution in [3.05, 3.63) is 91.7 Å². The molecule has 0 spiro atoms. The Hall–Kier alpha value is -5.51. The molecule has 0 bridgehead atoms. The number of hydrogen-bond donors (Lipinski definition) is 2. The zero-order valence-corrected chi connectivity index (χ0v) is 33.0. The monoisotopic (exact) mass is 952 g/mol. The maximum atomic E-state index is 15.4. The fourth-order valence-electron chi connectivity index (χ4n) is 7.23. The second kappa shape index (κ2) is 15.4. The minimum absolute atomic E-state index is 0.0593. The van der Waals surface area contributed by atoms with Crippen molar-refractivity contribution >= 4 is 54.4 Å². The molecule has 3 aromatic heterocycles. The molecule has 5 aromatic rings. The SMILES string of the molecule is CS(=O)(=O)Nc1nn(CC(F)F)c2c(-n3c([C@H](Cc4cc(F)cc(F)c4)NC(=O)Cn4nc(C(F)F)c5c4C(F)(F)[C@@H]4C[C@H]54)nc(OS(=O)(=O)C(F)(F)F)cc3=O)ccc(Cl)c12. The van der Waals surface area contributed by atoms with Crippen LogP contribution < -0.4 is 19.8 Å². The summed E-state index contributed by atoms with van der Waals surface area (Å²) in [5, 5.41) is 8.62. The van der Waals surface area contributed by atoms with E-state index in [1.165, 1.54) is 0 Å². The number of nitrogens with one attached hydrogen (secondary N) is 2. The zero-order chi connectivity index (χ0) is 45.6. The second-order valence-electron chi connectivity index (χ2n) is 14.0. The number of alkyl halides is 9. The number of amides is 1. The van der Waals surface area contributed by atoms with Gasteiger partial charge in [0, 0.05) is 24.0 Å². The highest BCUT2D eigenvalue weighted by molar-refractivity contribution is 7.92. The van der Waals surface area contributed by atoms with Crippen molar-refractivity contribution in [3.8, 4) is 11.6 Å². The Balaban J connectivity index is 1.46. The van der Waals surface area contributed by atoms with E-state index in [2.05, 4.69) is 24.7 Å². The lowest BCUT2D eigenvalue weighted by molar-refractivity contribution is -0.123. The van der Waals surface area contributed by atoms with Crippen molar-refractivity contribution < 1.29 is 74.1 Å². The third-order valence-electron chi connectivity index (χ3n) is 9.52. The van der Waals surface area contributed by atoms with E-state index in [0.29, 0.717) is 33.7 Å². The van der Waals surface area contributed by atoms with Gasteiger partial charge in [0.15, 0.2) is 5.82 Å². The molecule has 0 saturated heterocycles. The van der Waals surface area contributed by atoms with Gasteiger partial charge in [-0.25, -0.2) is 34.8 Å². The molecule has 1 saturated carbocycles. The van der Waals surface area contributed by atoms with Crippen molar-refractivity contribution in [2.75, 3.05) is 11.0 Å². The number of carbonyl (C=O) groups excluding carboxylic acids is 1. The highest BCUT2D eigenvalue weighted by Gasteiger charge is 2.67. The van der Waals surface area contributed by atoms with Crippen LogP contribution in [-0.4, -0.2) is 70.0 Å². The molecule has 0 unspecified atom stereocenters. The van der Waals surface area contributed by atoms with Crippen molar-refractivity contribution in [1.82, 2.24) is 34.4 Å². The average molecular weight is 953 g/mol. The number of sulfonamides is 1. The van der Waals surface area contributed by atoms with Crippen LogP contribution in [0.5, 0.6) is 5.88 Å². The smallest absolute Gasteiger partial charge is 0.355 e. The number of fused-ring (bicyclic) bond motifs is 4. The summed E-state index contributed by atoms with van der Waals surface area (Å²) in [5.41, 5.74) is -12.1. The van der Waals surface area contributed by atoms with Crippen LogP contribution in [0.15, 0.2) is 41.2 Å². The summed E-state index contributed by atoms with van der Waals surface area (Å²) in [4.78, 5) is 31.6. The third-order valence-corrected chi connectivity index (χ3v) is 11.4. The molecule has 1 fully saturated rings. The summed E-state index contributed by atoms with van der Waals surface area (Å²) in [6.45, 7) is -2.67. The number of nitrogens with zero attached hydrogens (tertiary/aromatic N) is 6. The summed E-state index contributed by atoms with van der Waals surface area (Å²) in [6.07, 6.45) is -7.13. The zero-order valence-electron chi connectivity index (χ0n) is 30.6. The Labute approximate surface area is 344 Å². The van der Waals surface area contributed by atoms with E-state index in [1.54, 1.807) is 0 Å². The van der Waals surface area contributed by atoms with E-state index < -0.39 is 167 Å².